The molecule has 3 N–H and O–H groups in total. The van der Waals surface area contributed by atoms with E-state index in [4.69, 9.17) is 33.7 Å². The first-order chi connectivity index (χ1) is 11.9. The number of nitrogens with one attached hydrogen (secondary N) is 1. The average molecular weight is 375 g/mol. The monoisotopic (exact) mass is 374 g/mol. The quantitative estimate of drug-likeness (QED) is 0.628. The number of benzene rings is 2. The number of nitrogens with zero attached hydrogens (tertiary/aromatic N) is 2. The maximum absolute atomic E-state index is 6.19. The molecule has 128 valence electrons. The summed E-state index contributed by atoms with van der Waals surface area (Å²) < 4.78 is 5.83. The van der Waals surface area contributed by atoms with Crippen LogP contribution < -0.4 is 15.8 Å². The third kappa shape index (κ3) is 3.95. The van der Waals surface area contributed by atoms with Crippen LogP contribution in [0.1, 0.15) is 11.1 Å². The molecule has 0 amide bonds. The van der Waals surface area contributed by atoms with Crippen LogP contribution in [0, 0.1) is 13.8 Å². The number of hydrogen-bond acceptors (Lipinski definition) is 5. The second-order valence-corrected chi connectivity index (χ2v) is 6.36. The summed E-state index contributed by atoms with van der Waals surface area (Å²) >= 11 is 12.1. The standard InChI is InChI=1S/C18H16Cl2N4O/c1-10-7-14(8-11(2)15(10)20)25-18-16(21)17(22-9-23-18)24-13-5-3-12(19)4-6-13/h3-9H,21H2,1-2H3,(H,22,23,24). The van der Waals surface area contributed by atoms with Gasteiger partial charge < -0.3 is 15.8 Å². The summed E-state index contributed by atoms with van der Waals surface area (Å²) in [5.74, 6) is 1.34. The second-order valence-electron chi connectivity index (χ2n) is 5.55. The molecule has 2 aromatic carbocycles. The zero-order valence-electron chi connectivity index (χ0n) is 13.7. The highest BCUT2D eigenvalue weighted by molar-refractivity contribution is 6.32. The van der Waals surface area contributed by atoms with E-state index in [0.717, 1.165) is 16.8 Å². The highest BCUT2D eigenvalue weighted by Crippen LogP contribution is 2.33. The molecule has 5 nitrogen and oxygen atoms in total. The molecule has 3 aromatic rings. The fraction of sp³-hybridized carbons (Fsp3) is 0.111. The van der Waals surface area contributed by atoms with Crippen LogP contribution in [0.4, 0.5) is 17.2 Å². The first-order valence-electron chi connectivity index (χ1n) is 7.51. The molecule has 0 aliphatic carbocycles. The van der Waals surface area contributed by atoms with Gasteiger partial charge in [0, 0.05) is 15.7 Å². The Morgan fingerprint density at radius 2 is 1.64 bits per heavy atom. The van der Waals surface area contributed by atoms with Crippen molar-refractivity contribution in [1.82, 2.24) is 9.97 Å². The van der Waals surface area contributed by atoms with Gasteiger partial charge >= 0.3 is 0 Å². The predicted molar refractivity (Wildman–Crippen MR) is 102 cm³/mol. The number of halogens is 2. The summed E-state index contributed by atoms with van der Waals surface area (Å²) in [5.41, 5.74) is 9.10. The lowest BCUT2D eigenvalue weighted by Gasteiger charge is -2.13. The van der Waals surface area contributed by atoms with Gasteiger partial charge in [-0.2, -0.15) is 4.98 Å². The maximum atomic E-state index is 6.19. The van der Waals surface area contributed by atoms with Gasteiger partial charge in [0.2, 0.25) is 5.88 Å². The van der Waals surface area contributed by atoms with Gasteiger partial charge in [-0.3, -0.25) is 0 Å². The lowest BCUT2D eigenvalue weighted by atomic mass is 10.1. The molecule has 7 heteroatoms. The van der Waals surface area contributed by atoms with Gasteiger partial charge in [0.15, 0.2) is 5.82 Å². The smallest absolute Gasteiger partial charge is 0.248 e. The number of anilines is 3. The molecule has 0 fully saturated rings. The van der Waals surface area contributed by atoms with Gasteiger partial charge in [0.05, 0.1) is 0 Å². The van der Waals surface area contributed by atoms with Gasteiger partial charge in [-0.05, 0) is 61.4 Å². The number of aromatic nitrogens is 2. The van der Waals surface area contributed by atoms with Crippen LogP contribution in [0.15, 0.2) is 42.7 Å². The summed E-state index contributed by atoms with van der Waals surface area (Å²) in [6.07, 6.45) is 1.39. The minimum absolute atomic E-state index is 0.271. The van der Waals surface area contributed by atoms with Crippen molar-refractivity contribution in [3.63, 3.8) is 0 Å². The summed E-state index contributed by atoms with van der Waals surface area (Å²) in [4.78, 5) is 8.29. The highest BCUT2D eigenvalue weighted by Gasteiger charge is 2.12. The third-order valence-corrected chi connectivity index (χ3v) is 4.43. The molecule has 0 spiro atoms. The summed E-state index contributed by atoms with van der Waals surface area (Å²) in [6.45, 7) is 3.83. The van der Waals surface area contributed by atoms with E-state index in [1.165, 1.54) is 6.33 Å². The van der Waals surface area contributed by atoms with E-state index in [-0.39, 0.29) is 5.88 Å². The predicted octanol–water partition coefficient (Wildman–Crippen LogP) is 5.52. The van der Waals surface area contributed by atoms with Crippen LogP contribution in [0.3, 0.4) is 0 Å². The average Bonchev–Trinajstić information content (AvgIpc) is 2.58. The molecule has 0 bridgehead atoms. The number of nitrogens with two attached hydrogens (primary N) is 1. The maximum Gasteiger partial charge on any atom is 0.248 e. The first kappa shape index (κ1) is 17.3. The molecule has 3 rings (SSSR count). The van der Waals surface area contributed by atoms with E-state index >= 15 is 0 Å². The molecule has 1 heterocycles. The van der Waals surface area contributed by atoms with Crippen molar-refractivity contribution in [2.45, 2.75) is 13.8 Å². The lowest BCUT2D eigenvalue weighted by molar-refractivity contribution is 0.464. The Morgan fingerprint density at radius 1 is 1.00 bits per heavy atom. The molecular formula is C18H16Cl2N4O. The number of aryl methyl sites for hydroxylation is 2. The molecule has 25 heavy (non-hydrogen) atoms. The lowest BCUT2D eigenvalue weighted by Crippen LogP contribution is -2.03. The van der Waals surface area contributed by atoms with E-state index in [1.54, 1.807) is 12.1 Å². The normalized spacial score (nSPS) is 10.6. The Kier molecular flexibility index (Phi) is 4.97. The molecule has 0 atom stereocenters. The first-order valence-corrected chi connectivity index (χ1v) is 8.27. The Balaban J connectivity index is 1.87. The van der Waals surface area contributed by atoms with E-state index in [1.807, 2.05) is 38.1 Å². The van der Waals surface area contributed by atoms with Gasteiger partial charge in [0.1, 0.15) is 17.8 Å². The van der Waals surface area contributed by atoms with Gasteiger partial charge in [-0.15, -0.1) is 0 Å². The minimum atomic E-state index is 0.271. The Hall–Kier alpha value is -2.50. The zero-order chi connectivity index (χ0) is 18.0. The van der Waals surface area contributed by atoms with Crippen LogP contribution in [-0.4, -0.2) is 9.97 Å². The molecular weight excluding hydrogens is 359 g/mol. The minimum Gasteiger partial charge on any atom is -0.437 e. The van der Waals surface area contributed by atoms with E-state index in [9.17, 15) is 0 Å². The van der Waals surface area contributed by atoms with Crippen LogP contribution in [-0.2, 0) is 0 Å². The van der Waals surface area contributed by atoms with Crippen molar-refractivity contribution in [3.8, 4) is 11.6 Å². The third-order valence-electron chi connectivity index (χ3n) is 3.58. The second kappa shape index (κ2) is 7.17. The van der Waals surface area contributed by atoms with Gasteiger partial charge in [-0.25, -0.2) is 4.98 Å². The Bertz CT molecular complexity index is 890. The summed E-state index contributed by atoms with van der Waals surface area (Å²) in [7, 11) is 0. The number of rotatable bonds is 4. The molecule has 0 unspecified atom stereocenters. The fourth-order valence-corrected chi connectivity index (χ4v) is 2.54. The number of ether oxygens (including phenoxy) is 1. The summed E-state index contributed by atoms with van der Waals surface area (Å²) in [5, 5.41) is 4.49. The number of hydrogen-bond donors (Lipinski definition) is 2. The molecule has 0 aliphatic rings. The van der Waals surface area contributed by atoms with Crippen molar-refractivity contribution in [3.05, 3.63) is 63.9 Å². The van der Waals surface area contributed by atoms with Crippen LogP contribution >= 0.6 is 23.2 Å². The zero-order valence-corrected chi connectivity index (χ0v) is 15.2. The molecule has 0 aliphatic heterocycles. The molecule has 0 radical (unpaired) electrons. The highest BCUT2D eigenvalue weighted by atomic mass is 35.5. The summed E-state index contributed by atoms with van der Waals surface area (Å²) in [6, 6.07) is 10.9. The topological polar surface area (TPSA) is 73.1 Å². The number of nitrogen functional groups attached to an aromatic ring is 1. The Labute approximate surface area is 155 Å². The van der Waals surface area contributed by atoms with Gasteiger partial charge in [0.25, 0.3) is 0 Å². The van der Waals surface area contributed by atoms with E-state index in [0.29, 0.717) is 27.3 Å². The van der Waals surface area contributed by atoms with Crippen molar-refractivity contribution in [1.29, 1.82) is 0 Å². The Morgan fingerprint density at radius 3 is 2.28 bits per heavy atom. The van der Waals surface area contributed by atoms with Crippen LogP contribution in [0.25, 0.3) is 0 Å². The van der Waals surface area contributed by atoms with Crippen LogP contribution in [0.2, 0.25) is 10.0 Å². The SMILES string of the molecule is Cc1cc(Oc2ncnc(Nc3ccc(Cl)cc3)c2N)cc(C)c1Cl. The molecule has 0 saturated heterocycles. The molecule has 0 saturated carbocycles. The van der Waals surface area contributed by atoms with Crippen LogP contribution in [0.5, 0.6) is 11.6 Å². The van der Waals surface area contributed by atoms with Crippen molar-refractivity contribution in [2.75, 3.05) is 11.1 Å². The van der Waals surface area contributed by atoms with Crippen molar-refractivity contribution >= 4 is 40.4 Å². The fourth-order valence-electron chi connectivity index (χ4n) is 2.31. The van der Waals surface area contributed by atoms with Crippen molar-refractivity contribution < 1.29 is 4.74 Å². The largest absolute Gasteiger partial charge is 0.437 e. The van der Waals surface area contributed by atoms with Crippen molar-refractivity contribution in [2.24, 2.45) is 0 Å². The van der Waals surface area contributed by atoms with E-state index < -0.39 is 0 Å². The van der Waals surface area contributed by atoms with Gasteiger partial charge in [-0.1, -0.05) is 23.2 Å². The molecule has 1 aromatic heterocycles. The van der Waals surface area contributed by atoms with E-state index in [2.05, 4.69) is 15.3 Å².